The van der Waals surface area contributed by atoms with Crippen LogP contribution in [-0.2, 0) is 11.4 Å². The normalized spacial score (nSPS) is 14.2. The monoisotopic (exact) mass is 633 g/mol. The Balaban J connectivity index is 1.14. The number of amides is 1. The van der Waals surface area contributed by atoms with Crippen LogP contribution in [0.25, 0.3) is 10.2 Å². The van der Waals surface area contributed by atoms with Crippen molar-refractivity contribution in [3.63, 3.8) is 0 Å². The molecule has 1 fully saturated rings. The summed E-state index contributed by atoms with van der Waals surface area (Å²) in [5.74, 6) is 0.719. The number of hydrogen-bond donors (Lipinski definition) is 2. The molecule has 3 heterocycles. The van der Waals surface area contributed by atoms with E-state index >= 15 is 0 Å². The van der Waals surface area contributed by atoms with Crippen molar-refractivity contribution in [2.24, 2.45) is 0 Å². The van der Waals surface area contributed by atoms with Crippen molar-refractivity contribution in [3.8, 4) is 5.75 Å². The lowest BCUT2D eigenvalue weighted by molar-refractivity contribution is -0.113. The Morgan fingerprint density at radius 2 is 1.93 bits per heavy atom. The molecule has 2 aromatic heterocycles. The van der Waals surface area contributed by atoms with E-state index in [1.807, 2.05) is 67.6 Å². The van der Waals surface area contributed by atoms with Gasteiger partial charge in [-0.2, -0.15) is 0 Å². The first-order valence-electron chi connectivity index (χ1n) is 14.3. The van der Waals surface area contributed by atoms with E-state index in [9.17, 15) is 4.79 Å². The van der Waals surface area contributed by atoms with E-state index in [0.29, 0.717) is 6.61 Å². The summed E-state index contributed by atoms with van der Waals surface area (Å²) in [5.41, 5.74) is 4.27. The van der Waals surface area contributed by atoms with E-state index in [4.69, 9.17) is 9.72 Å². The van der Waals surface area contributed by atoms with Gasteiger partial charge in [0.1, 0.15) is 12.4 Å². The summed E-state index contributed by atoms with van der Waals surface area (Å²) in [6.45, 7) is 5.93. The number of thiazole rings is 1. The molecule has 4 aromatic rings. The molecule has 2 aromatic carbocycles. The van der Waals surface area contributed by atoms with Crippen LogP contribution in [-0.4, -0.2) is 40.4 Å². The fourth-order valence-electron chi connectivity index (χ4n) is 4.94. The molecule has 0 aliphatic carbocycles. The van der Waals surface area contributed by atoms with Crippen molar-refractivity contribution in [2.45, 2.75) is 52.1 Å². The Kier molecular flexibility index (Phi) is 10.4. The smallest absolute Gasteiger partial charge is 0.251 e. The molecule has 0 spiro atoms. The third-order valence-corrected chi connectivity index (χ3v) is 8.74. The van der Waals surface area contributed by atoms with Crippen LogP contribution in [0.2, 0.25) is 0 Å². The number of rotatable bonds is 12. The van der Waals surface area contributed by atoms with Crippen LogP contribution in [0.15, 0.2) is 76.9 Å². The molecule has 0 saturated carbocycles. The highest BCUT2D eigenvalue weighted by Crippen LogP contribution is 2.33. The number of halogens is 1. The topological polar surface area (TPSA) is 79.4 Å². The molecule has 1 aliphatic heterocycles. The van der Waals surface area contributed by atoms with Gasteiger partial charge in [-0.05, 0) is 123 Å². The zero-order chi connectivity index (χ0) is 28.4. The molecule has 1 saturated heterocycles. The second-order valence-electron chi connectivity index (χ2n) is 10.2. The maximum atomic E-state index is 13.0. The van der Waals surface area contributed by atoms with Crippen LogP contribution < -0.4 is 15.4 Å². The molecular weight excluding hydrogens is 598 g/mol. The Hall–Kier alpha value is -3.27. The minimum absolute atomic E-state index is 0.0251. The highest BCUT2D eigenvalue weighted by atomic mass is 79.9. The van der Waals surface area contributed by atoms with Crippen molar-refractivity contribution in [1.82, 2.24) is 14.9 Å². The second-order valence-corrected chi connectivity index (χ2v) is 12.1. The zero-order valence-corrected chi connectivity index (χ0v) is 25.8. The first kappa shape index (κ1) is 29.2. The number of pyridine rings is 1. The van der Waals surface area contributed by atoms with Crippen LogP contribution in [0.3, 0.4) is 0 Å². The molecule has 0 unspecified atom stereocenters. The molecule has 0 bridgehead atoms. The number of anilines is 3. The number of benzene rings is 2. The number of piperidine rings is 1. The first-order chi connectivity index (χ1) is 20.1. The van der Waals surface area contributed by atoms with Gasteiger partial charge in [-0.15, -0.1) is 0 Å². The highest BCUT2D eigenvalue weighted by Gasteiger charge is 2.13. The molecule has 1 amide bonds. The molecule has 2 N–H and O–H groups in total. The van der Waals surface area contributed by atoms with Crippen molar-refractivity contribution >= 4 is 59.9 Å². The van der Waals surface area contributed by atoms with Gasteiger partial charge in [0.05, 0.1) is 20.4 Å². The summed E-state index contributed by atoms with van der Waals surface area (Å²) >= 11 is 5.15. The van der Waals surface area contributed by atoms with Crippen molar-refractivity contribution in [2.75, 3.05) is 30.3 Å². The first-order valence-corrected chi connectivity index (χ1v) is 15.9. The number of nitrogens with zero attached hydrogens (tertiary/aromatic N) is 3. The standard InChI is InChI=1S/C32H36BrN5O2S/c1-2-23(10-5-9-19-38-17-7-3-8-18-38)31(39)35-25-12-14-28-30(21-25)41-32(37-28)36-24-13-15-29(27(33)20-24)40-22-26-11-4-6-16-34-26/h2,4,6,11-16,20-21H,3,5,7-10,17-19,22H2,1H3,(H,35,39)(H,36,37)/b23-2+. The van der Waals surface area contributed by atoms with Gasteiger partial charge in [0.2, 0.25) is 0 Å². The summed E-state index contributed by atoms with van der Waals surface area (Å²) in [7, 11) is 0. The van der Waals surface area contributed by atoms with Crippen molar-refractivity contribution < 1.29 is 9.53 Å². The number of unbranched alkanes of at least 4 members (excludes halogenated alkanes) is 1. The lowest BCUT2D eigenvalue weighted by atomic mass is 10.1. The average Bonchev–Trinajstić information content (AvgIpc) is 3.39. The summed E-state index contributed by atoms with van der Waals surface area (Å²) in [6, 6.07) is 17.5. The van der Waals surface area contributed by atoms with Crippen molar-refractivity contribution in [1.29, 1.82) is 0 Å². The van der Waals surface area contributed by atoms with Gasteiger partial charge in [0.25, 0.3) is 5.91 Å². The van der Waals surface area contributed by atoms with Crippen LogP contribution in [0.4, 0.5) is 16.5 Å². The Morgan fingerprint density at radius 3 is 2.71 bits per heavy atom. The number of carbonyl (C=O) groups excluding carboxylic acids is 1. The Bertz CT molecular complexity index is 1480. The van der Waals surface area contributed by atoms with E-state index in [1.54, 1.807) is 17.5 Å². The number of allylic oxidation sites excluding steroid dienone is 1. The lowest BCUT2D eigenvalue weighted by Gasteiger charge is -2.26. The number of nitrogens with one attached hydrogen (secondary N) is 2. The highest BCUT2D eigenvalue weighted by molar-refractivity contribution is 9.10. The Morgan fingerprint density at radius 1 is 1.07 bits per heavy atom. The van der Waals surface area contributed by atoms with Crippen LogP contribution >= 0.6 is 27.3 Å². The fourth-order valence-corrected chi connectivity index (χ4v) is 6.36. The van der Waals surface area contributed by atoms with Gasteiger partial charge in [0, 0.05) is 23.1 Å². The lowest BCUT2D eigenvalue weighted by Crippen LogP contribution is -2.30. The number of ether oxygens (including phenoxy) is 1. The van der Waals surface area contributed by atoms with E-state index < -0.39 is 0 Å². The molecule has 7 nitrogen and oxygen atoms in total. The summed E-state index contributed by atoms with van der Waals surface area (Å²) in [4.78, 5) is 24.5. The van der Waals surface area contributed by atoms with E-state index in [-0.39, 0.29) is 5.91 Å². The largest absolute Gasteiger partial charge is 0.486 e. The molecular formula is C32H36BrN5O2S. The van der Waals surface area contributed by atoms with E-state index in [0.717, 1.165) is 74.0 Å². The third kappa shape index (κ3) is 8.38. The van der Waals surface area contributed by atoms with Gasteiger partial charge in [-0.3, -0.25) is 9.78 Å². The quantitative estimate of drug-likeness (QED) is 0.121. The summed E-state index contributed by atoms with van der Waals surface area (Å²) < 4.78 is 7.75. The molecule has 9 heteroatoms. The summed E-state index contributed by atoms with van der Waals surface area (Å²) in [6.07, 6.45) is 10.7. The second kappa shape index (κ2) is 14.6. The minimum Gasteiger partial charge on any atom is -0.486 e. The maximum absolute atomic E-state index is 13.0. The predicted octanol–water partition coefficient (Wildman–Crippen LogP) is 8.32. The number of carbonyl (C=O) groups is 1. The Labute approximate surface area is 254 Å². The molecule has 5 rings (SSSR count). The van der Waals surface area contributed by atoms with Crippen LogP contribution in [0, 0.1) is 0 Å². The molecule has 0 atom stereocenters. The van der Waals surface area contributed by atoms with Gasteiger partial charge in [-0.1, -0.05) is 29.9 Å². The number of fused-ring (bicyclic) bond motifs is 1. The number of likely N-dealkylation sites (tertiary alicyclic amines) is 1. The van der Waals surface area contributed by atoms with E-state index in [2.05, 4.69) is 36.4 Å². The average molecular weight is 635 g/mol. The minimum atomic E-state index is -0.0251. The van der Waals surface area contributed by atoms with Gasteiger partial charge in [0.15, 0.2) is 5.13 Å². The summed E-state index contributed by atoms with van der Waals surface area (Å²) in [5, 5.41) is 7.25. The number of hydrogen-bond acceptors (Lipinski definition) is 7. The fraction of sp³-hybridized carbons (Fsp3) is 0.344. The third-order valence-electron chi connectivity index (χ3n) is 7.19. The number of aromatic nitrogens is 2. The van der Waals surface area contributed by atoms with Crippen molar-refractivity contribution in [3.05, 3.63) is 82.6 Å². The van der Waals surface area contributed by atoms with Crippen LogP contribution in [0.5, 0.6) is 5.75 Å². The molecule has 1 aliphatic rings. The SMILES string of the molecule is C/C=C(\CCCCN1CCCCC1)C(=O)Nc1ccc2nc(Nc3ccc(OCc4ccccn4)c(Br)c3)sc2c1. The van der Waals surface area contributed by atoms with Gasteiger partial charge < -0.3 is 20.3 Å². The van der Waals surface area contributed by atoms with E-state index in [1.165, 1.54) is 32.4 Å². The molecule has 0 radical (unpaired) electrons. The van der Waals surface area contributed by atoms with Gasteiger partial charge in [-0.25, -0.2) is 4.98 Å². The molecule has 214 valence electrons. The zero-order valence-electron chi connectivity index (χ0n) is 23.4. The maximum Gasteiger partial charge on any atom is 0.251 e. The molecule has 41 heavy (non-hydrogen) atoms. The predicted molar refractivity (Wildman–Crippen MR) is 172 cm³/mol. The van der Waals surface area contributed by atoms with Gasteiger partial charge >= 0.3 is 0 Å². The van der Waals surface area contributed by atoms with Crippen LogP contribution in [0.1, 0.15) is 51.1 Å².